The molecule has 3 N–H and O–H groups in total. The van der Waals surface area contributed by atoms with Crippen LogP contribution in [0.5, 0.6) is 0 Å². The maximum atomic E-state index is 11.9. The highest BCUT2D eigenvalue weighted by Gasteiger charge is 2.28. The summed E-state index contributed by atoms with van der Waals surface area (Å²) in [5, 5.41) is 18.4. The Morgan fingerprint density at radius 2 is 2.05 bits per heavy atom. The van der Waals surface area contributed by atoms with E-state index in [1.54, 1.807) is 0 Å². The topological polar surface area (TPSA) is 96.0 Å². The molecule has 8 heteroatoms. The van der Waals surface area contributed by atoms with Crippen molar-refractivity contribution < 1.29 is 9.59 Å². The number of carbonyl (C=O) groups is 2. The van der Waals surface area contributed by atoms with Gasteiger partial charge >= 0.3 is 0 Å². The fourth-order valence-corrected chi connectivity index (χ4v) is 3.44. The SMILES string of the molecule is O=C1CCC(C(=O)Nc2nnc(C3CCNCC3)s2)N1. The number of nitrogens with one attached hydrogen (secondary N) is 3. The van der Waals surface area contributed by atoms with Gasteiger partial charge in [-0.1, -0.05) is 11.3 Å². The minimum absolute atomic E-state index is 0.0715. The van der Waals surface area contributed by atoms with Gasteiger partial charge in [0.2, 0.25) is 16.9 Å². The molecule has 0 aliphatic carbocycles. The van der Waals surface area contributed by atoms with E-state index in [-0.39, 0.29) is 11.8 Å². The maximum absolute atomic E-state index is 11.9. The first kappa shape index (κ1) is 13.4. The molecule has 0 saturated carbocycles. The average molecular weight is 295 g/mol. The highest BCUT2D eigenvalue weighted by atomic mass is 32.1. The van der Waals surface area contributed by atoms with Crippen LogP contribution in [0, 0.1) is 0 Å². The number of anilines is 1. The standard InChI is InChI=1S/C12H17N5O2S/c18-9-2-1-8(14-9)10(19)15-12-17-16-11(20-12)7-3-5-13-6-4-7/h7-8,13H,1-6H2,(H,14,18)(H,15,17,19). The number of rotatable bonds is 3. The highest BCUT2D eigenvalue weighted by molar-refractivity contribution is 7.15. The Balaban J connectivity index is 1.59. The fourth-order valence-electron chi connectivity index (χ4n) is 2.52. The van der Waals surface area contributed by atoms with Gasteiger partial charge in [-0.2, -0.15) is 0 Å². The lowest BCUT2D eigenvalue weighted by Gasteiger charge is -2.19. The Bertz CT molecular complexity index is 512. The zero-order chi connectivity index (χ0) is 13.9. The van der Waals surface area contributed by atoms with Crippen LogP contribution in [-0.4, -0.2) is 41.1 Å². The maximum Gasteiger partial charge on any atom is 0.248 e. The summed E-state index contributed by atoms with van der Waals surface area (Å²) in [6.07, 6.45) is 3.07. The quantitative estimate of drug-likeness (QED) is 0.741. The van der Waals surface area contributed by atoms with Crippen LogP contribution >= 0.6 is 11.3 Å². The van der Waals surface area contributed by atoms with E-state index in [4.69, 9.17) is 0 Å². The molecule has 2 aliphatic rings. The molecular formula is C12H17N5O2S. The lowest BCUT2D eigenvalue weighted by atomic mass is 9.99. The van der Waals surface area contributed by atoms with Gasteiger partial charge in [0.1, 0.15) is 11.0 Å². The second kappa shape index (κ2) is 5.84. The first-order valence-electron chi connectivity index (χ1n) is 6.87. The second-order valence-electron chi connectivity index (χ2n) is 5.12. The largest absolute Gasteiger partial charge is 0.344 e. The molecule has 3 rings (SSSR count). The number of aromatic nitrogens is 2. The van der Waals surface area contributed by atoms with Crippen molar-refractivity contribution in [2.45, 2.75) is 37.6 Å². The number of carbonyl (C=O) groups excluding carboxylic acids is 2. The number of amides is 2. The number of piperidine rings is 1. The minimum Gasteiger partial charge on any atom is -0.344 e. The van der Waals surface area contributed by atoms with Gasteiger partial charge in [-0.25, -0.2) is 0 Å². The Labute approximate surface area is 120 Å². The molecule has 108 valence electrons. The van der Waals surface area contributed by atoms with Gasteiger partial charge in [-0.3, -0.25) is 14.9 Å². The molecule has 0 bridgehead atoms. The third kappa shape index (κ3) is 2.96. The molecule has 20 heavy (non-hydrogen) atoms. The van der Waals surface area contributed by atoms with Gasteiger partial charge in [-0.05, 0) is 32.4 Å². The molecule has 1 aromatic rings. The molecule has 1 aromatic heterocycles. The summed E-state index contributed by atoms with van der Waals surface area (Å²) in [7, 11) is 0. The lowest BCUT2D eigenvalue weighted by Crippen LogP contribution is -2.37. The zero-order valence-electron chi connectivity index (χ0n) is 11.0. The van der Waals surface area contributed by atoms with E-state index in [0.717, 1.165) is 30.9 Å². The molecule has 1 atom stereocenters. The Kier molecular flexibility index (Phi) is 3.93. The molecule has 3 heterocycles. The van der Waals surface area contributed by atoms with Crippen molar-refractivity contribution in [3.63, 3.8) is 0 Å². The number of hydrogen-bond donors (Lipinski definition) is 3. The Hall–Kier alpha value is -1.54. The van der Waals surface area contributed by atoms with Gasteiger partial charge in [0.25, 0.3) is 0 Å². The number of hydrogen-bond acceptors (Lipinski definition) is 6. The van der Waals surface area contributed by atoms with Crippen LogP contribution in [0.3, 0.4) is 0 Å². The number of nitrogens with zero attached hydrogens (tertiary/aromatic N) is 2. The average Bonchev–Trinajstić information content (AvgIpc) is 3.09. The van der Waals surface area contributed by atoms with E-state index in [1.807, 2.05) is 0 Å². The fraction of sp³-hybridized carbons (Fsp3) is 0.667. The summed E-state index contributed by atoms with van der Waals surface area (Å²) in [6.45, 7) is 2.00. The van der Waals surface area contributed by atoms with Crippen molar-refractivity contribution in [2.24, 2.45) is 0 Å². The first-order valence-corrected chi connectivity index (χ1v) is 7.68. The second-order valence-corrected chi connectivity index (χ2v) is 6.13. The summed E-state index contributed by atoms with van der Waals surface area (Å²) in [4.78, 5) is 23.0. The van der Waals surface area contributed by atoms with E-state index in [2.05, 4.69) is 26.1 Å². The van der Waals surface area contributed by atoms with Gasteiger partial charge in [0.15, 0.2) is 0 Å². The first-order chi connectivity index (χ1) is 9.72. The minimum atomic E-state index is -0.436. The van der Waals surface area contributed by atoms with Crippen molar-refractivity contribution in [1.82, 2.24) is 20.8 Å². The molecule has 2 fully saturated rings. The zero-order valence-corrected chi connectivity index (χ0v) is 11.8. The van der Waals surface area contributed by atoms with Crippen LogP contribution in [-0.2, 0) is 9.59 Å². The molecule has 2 aliphatic heterocycles. The third-order valence-electron chi connectivity index (χ3n) is 3.67. The van der Waals surface area contributed by atoms with Gasteiger partial charge in [0, 0.05) is 12.3 Å². The summed E-state index contributed by atoms with van der Waals surface area (Å²) in [5.41, 5.74) is 0. The Morgan fingerprint density at radius 1 is 1.25 bits per heavy atom. The van der Waals surface area contributed by atoms with E-state index in [1.165, 1.54) is 11.3 Å². The van der Waals surface area contributed by atoms with Crippen LogP contribution in [0.4, 0.5) is 5.13 Å². The highest BCUT2D eigenvalue weighted by Crippen LogP contribution is 2.29. The summed E-state index contributed by atoms with van der Waals surface area (Å²) in [5.74, 6) is 0.159. The molecule has 2 amide bonds. The van der Waals surface area contributed by atoms with Gasteiger partial charge in [0.05, 0.1) is 0 Å². The van der Waals surface area contributed by atoms with E-state index in [9.17, 15) is 9.59 Å². The summed E-state index contributed by atoms with van der Waals surface area (Å²) in [6, 6.07) is -0.436. The predicted octanol–water partition coefficient (Wildman–Crippen LogP) is 0.222. The van der Waals surface area contributed by atoms with Crippen LogP contribution < -0.4 is 16.0 Å². The monoisotopic (exact) mass is 295 g/mol. The molecule has 2 saturated heterocycles. The van der Waals surface area contributed by atoms with Crippen LogP contribution in [0.1, 0.15) is 36.6 Å². The van der Waals surface area contributed by atoms with Crippen LogP contribution in [0.15, 0.2) is 0 Å². The molecular weight excluding hydrogens is 278 g/mol. The van der Waals surface area contributed by atoms with Crippen molar-refractivity contribution in [3.05, 3.63) is 5.01 Å². The van der Waals surface area contributed by atoms with Crippen molar-refractivity contribution in [1.29, 1.82) is 0 Å². The molecule has 0 aromatic carbocycles. The summed E-state index contributed by atoms with van der Waals surface area (Å²) < 4.78 is 0. The molecule has 7 nitrogen and oxygen atoms in total. The normalized spacial score (nSPS) is 23.6. The van der Waals surface area contributed by atoms with Crippen molar-refractivity contribution in [2.75, 3.05) is 18.4 Å². The molecule has 0 radical (unpaired) electrons. The molecule has 0 spiro atoms. The Morgan fingerprint density at radius 3 is 2.75 bits per heavy atom. The predicted molar refractivity (Wildman–Crippen MR) is 74.5 cm³/mol. The molecule has 1 unspecified atom stereocenters. The summed E-state index contributed by atoms with van der Waals surface area (Å²) >= 11 is 1.43. The van der Waals surface area contributed by atoms with E-state index in [0.29, 0.717) is 23.9 Å². The smallest absolute Gasteiger partial charge is 0.248 e. The van der Waals surface area contributed by atoms with Crippen molar-refractivity contribution in [3.8, 4) is 0 Å². The van der Waals surface area contributed by atoms with Gasteiger partial charge < -0.3 is 10.6 Å². The van der Waals surface area contributed by atoms with Gasteiger partial charge in [-0.15, -0.1) is 10.2 Å². The lowest BCUT2D eigenvalue weighted by molar-refractivity contribution is -0.122. The van der Waals surface area contributed by atoms with E-state index < -0.39 is 6.04 Å². The van der Waals surface area contributed by atoms with E-state index >= 15 is 0 Å². The third-order valence-corrected chi connectivity index (χ3v) is 4.67. The van der Waals surface area contributed by atoms with Crippen LogP contribution in [0.25, 0.3) is 0 Å². The van der Waals surface area contributed by atoms with Crippen LogP contribution in [0.2, 0.25) is 0 Å². The van der Waals surface area contributed by atoms with Crippen molar-refractivity contribution >= 4 is 28.3 Å².